The van der Waals surface area contributed by atoms with Crippen molar-refractivity contribution in [1.29, 1.82) is 0 Å². The predicted molar refractivity (Wildman–Crippen MR) is 80.3 cm³/mol. The highest BCUT2D eigenvalue weighted by atomic mass is 32.2. The average molecular weight is 347 g/mol. The quantitative estimate of drug-likeness (QED) is 0.891. The molecule has 0 heterocycles. The number of alkyl halides is 3. The molecule has 0 aliphatic heterocycles. The zero-order chi connectivity index (χ0) is 16.4. The molecule has 0 bridgehead atoms. The number of aryl methyl sites for hydroxylation is 1. The first-order valence-corrected chi connectivity index (χ1v) is 8.42. The van der Waals surface area contributed by atoms with Crippen molar-refractivity contribution >= 4 is 27.5 Å². The Labute approximate surface area is 130 Å². The number of hydrogen-bond acceptors (Lipinski definition) is 3. The van der Waals surface area contributed by atoms with E-state index >= 15 is 0 Å². The lowest BCUT2D eigenvalue weighted by Gasteiger charge is -2.14. The molecule has 118 valence electrons. The topological polar surface area (TPSA) is 46.2 Å². The van der Waals surface area contributed by atoms with Gasteiger partial charge in [-0.3, -0.25) is 4.72 Å². The molecule has 22 heavy (non-hydrogen) atoms. The first-order valence-electron chi connectivity index (χ1n) is 6.12. The fourth-order valence-corrected chi connectivity index (χ4v) is 3.29. The molecule has 0 radical (unpaired) electrons. The monoisotopic (exact) mass is 347 g/mol. The minimum Gasteiger partial charge on any atom is -0.275 e. The number of nitrogens with one attached hydrogen (secondary N) is 1. The number of rotatable bonds is 4. The van der Waals surface area contributed by atoms with E-state index in [2.05, 4.69) is 0 Å². The highest BCUT2D eigenvalue weighted by Gasteiger charge is 2.46. The summed E-state index contributed by atoms with van der Waals surface area (Å²) >= 11 is 1.19. The van der Waals surface area contributed by atoms with Crippen molar-refractivity contribution in [2.24, 2.45) is 0 Å². The SMILES string of the molecule is Cc1ccc(NS(=O)(=O)C(F)(F)F)c(Sc2ccccc2)c1. The lowest BCUT2D eigenvalue weighted by atomic mass is 10.2. The first-order chi connectivity index (χ1) is 10.2. The zero-order valence-electron chi connectivity index (χ0n) is 11.4. The Hall–Kier alpha value is -1.67. The predicted octanol–water partition coefficient (Wildman–Crippen LogP) is 4.41. The van der Waals surface area contributed by atoms with Gasteiger partial charge in [-0.05, 0) is 36.8 Å². The molecule has 0 saturated carbocycles. The Morgan fingerprint density at radius 1 is 1.05 bits per heavy atom. The summed E-state index contributed by atoms with van der Waals surface area (Å²) in [6, 6.07) is 13.5. The Morgan fingerprint density at radius 2 is 1.68 bits per heavy atom. The minimum atomic E-state index is -5.44. The van der Waals surface area contributed by atoms with Crippen LogP contribution in [0.4, 0.5) is 18.9 Å². The van der Waals surface area contributed by atoms with E-state index in [1.807, 2.05) is 6.07 Å². The summed E-state index contributed by atoms with van der Waals surface area (Å²) < 4.78 is 61.6. The summed E-state index contributed by atoms with van der Waals surface area (Å²) in [5, 5.41) is 0. The van der Waals surface area contributed by atoms with Gasteiger partial charge in [0.1, 0.15) is 0 Å². The van der Waals surface area contributed by atoms with Crippen LogP contribution < -0.4 is 4.72 Å². The Balaban J connectivity index is 2.37. The number of halogens is 3. The average Bonchev–Trinajstić information content (AvgIpc) is 2.41. The summed E-state index contributed by atoms with van der Waals surface area (Å²) in [6.07, 6.45) is 0. The lowest BCUT2D eigenvalue weighted by Crippen LogP contribution is -2.30. The van der Waals surface area contributed by atoms with Gasteiger partial charge >= 0.3 is 15.5 Å². The fraction of sp³-hybridized carbons (Fsp3) is 0.143. The van der Waals surface area contributed by atoms with E-state index in [9.17, 15) is 21.6 Å². The molecule has 0 saturated heterocycles. The van der Waals surface area contributed by atoms with Gasteiger partial charge in [-0.2, -0.15) is 21.6 Å². The van der Waals surface area contributed by atoms with Crippen molar-refractivity contribution in [3.63, 3.8) is 0 Å². The van der Waals surface area contributed by atoms with Crippen molar-refractivity contribution < 1.29 is 21.6 Å². The molecule has 0 aliphatic carbocycles. The van der Waals surface area contributed by atoms with Crippen LogP contribution in [0.5, 0.6) is 0 Å². The lowest BCUT2D eigenvalue weighted by molar-refractivity contribution is -0.0429. The highest BCUT2D eigenvalue weighted by molar-refractivity contribution is 7.99. The van der Waals surface area contributed by atoms with Crippen LogP contribution >= 0.6 is 11.8 Å². The zero-order valence-corrected chi connectivity index (χ0v) is 13.0. The third-order valence-electron chi connectivity index (χ3n) is 2.66. The summed E-state index contributed by atoms with van der Waals surface area (Å²) in [4.78, 5) is 1.19. The molecular formula is C14H12F3NO2S2. The van der Waals surface area contributed by atoms with Crippen LogP contribution in [0, 0.1) is 6.92 Å². The second kappa shape index (κ2) is 6.21. The summed E-state index contributed by atoms with van der Waals surface area (Å²) in [5.41, 5.74) is -4.64. The van der Waals surface area contributed by atoms with E-state index in [0.717, 1.165) is 10.5 Å². The van der Waals surface area contributed by atoms with Gasteiger partial charge in [0.15, 0.2) is 0 Å². The van der Waals surface area contributed by atoms with Crippen molar-refractivity contribution in [2.75, 3.05) is 4.72 Å². The van der Waals surface area contributed by atoms with Crippen LogP contribution in [-0.2, 0) is 10.0 Å². The number of benzene rings is 2. The summed E-state index contributed by atoms with van der Waals surface area (Å²) in [5.74, 6) is 0. The summed E-state index contributed by atoms with van der Waals surface area (Å²) in [6.45, 7) is 1.77. The smallest absolute Gasteiger partial charge is 0.275 e. The van der Waals surface area contributed by atoms with Crippen LogP contribution in [0.15, 0.2) is 58.3 Å². The van der Waals surface area contributed by atoms with E-state index in [1.54, 1.807) is 48.0 Å². The molecule has 2 aromatic carbocycles. The second-order valence-electron chi connectivity index (χ2n) is 4.47. The highest BCUT2D eigenvalue weighted by Crippen LogP contribution is 2.36. The van der Waals surface area contributed by atoms with Gasteiger partial charge in [0.25, 0.3) is 0 Å². The molecule has 0 atom stereocenters. The molecule has 0 amide bonds. The third-order valence-corrected chi connectivity index (χ3v) is 4.82. The van der Waals surface area contributed by atoms with Gasteiger partial charge in [-0.15, -0.1) is 0 Å². The molecule has 2 aromatic rings. The molecule has 2 rings (SSSR count). The molecule has 3 nitrogen and oxygen atoms in total. The second-order valence-corrected chi connectivity index (χ2v) is 7.26. The van der Waals surface area contributed by atoms with Gasteiger partial charge in [0.2, 0.25) is 0 Å². The molecule has 8 heteroatoms. The van der Waals surface area contributed by atoms with Crippen LogP contribution in [0.25, 0.3) is 0 Å². The number of sulfonamides is 1. The maximum absolute atomic E-state index is 12.5. The normalized spacial score (nSPS) is 12.2. The first kappa shape index (κ1) is 16.7. The molecule has 0 fully saturated rings. The van der Waals surface area contributed by atoms with Crippen LogP contribution in [0.2, 0.25) is 0 Å². The van der Waals surface area contributed by atoms with Gasteiger partial charge < -0.3 is 0 Å². The van der Waals surface area contributed by atoms with E-state index in [-0.39, 0.29) is 5.69 Å². The van der Waals surface area contributed by atoms with E-state index in [0.29, 0.717) is 4.90 Å². The standard InChI is InChI=1S/C14H12F3NO2S2/c1-10-7-8-12(18-22(19,20)14(15,16)17)13(9-10)21-11-5-3-2-4-6-11/h2-9,18H,1H3. The van der Waals surface area contributed by atoms with E-state index in [1.165, 1.54) is 17.8 Å². The van der Waals surface area contributed by atoms with Crippen molar-refractivity contribution in [1.82, 2.24) is 0 Å². The van der Waals surface area contributed by atoms with Gasteiger partial charge in [-0.25, -0.2) is 0 Å². The van der Waals surface area contributed by atoms with Crippen LogP contribution in [0.3, 0.4) is 0 Å². The molecule has 0 spiro atoms. The van der Waals surface area contributed by atoms with Gasteiger partial charge in [0.05, 0.1) is 5.69 Å². The molecule has 1 N–H and O–H groups in total. The van der Waals surface area contributed by atoms with Gasteiger partial charge in [0, 0.05) is 9.79 Å². The maximum atomic E-state index is 12.5. The summed E-state index contributed by atoms with van der Waals surface area (Å²) in [7, 11) is -5.44. The Kier molecular flexibility index (Phi) is 4.72. The third kappa shape index (κ3) is 3.95. The number of hydrogen-bond donors (Lipinski definition) is 1. The van der Waals surface area contributed by atoms with Gasteiger partial charge in [-0.1, -0.05) is 36.0 Å². The largest absolute Gasteiger partial charge is 0.516 e. The Morgan fingerprint density at radius 3 is 2.27 bits per heavy atom. The molecule has 0 aromatic heterocycles. The van der Waals surface area contributed by atoms with Crippen molar-refractivity contribution in [3.05, 3.63) is 54.1 Å². The minimum absolute atomic E-state index is 0.100. The fourth-order valence-electron chi connectivity index (χ4n) is 1.62. The van der Waals surface area contributed by atoms with E-state index < -0.39 is 15.5 Å². The molecule has 0 aliphatic rings. The number of anilines is 1. The van der Waals surface area contributed by atoms with Crippen molar-refractivity contribution in [2.45, 2.75) is 22.2 Å². The van der Waals surface area contributed by atoms with E-state index in [4.69, 9.17) is 0 Å². The Bertz CT molecular complexity index is 759. The van der Waals surface area contributed by atoms with Crippen LogP contribution in [-0.4, -0.2) is 13.9 Å². The molecular weight excluding hydrogens is 335 g/mol. The van der Waals surface area contributed by atoms with Crippen molar-refractivity contribution in [3.8, 4) is 0 Å². The maximum Gasteiger partial charge on any atom is 0.516 e. The molecule has 0 unspecified atom stereocenters. The van der Waals surface area contributed by atoms with Crippen LogP contribution in [0.1, 0.15) is 5.56 Å².